The topological polar surface area (TPSA) is 110 Å². The summed E-state index contributed by atoms with van der Waals surface area (Å²) in [6.07, 6.45) is 6.50. The van der Waals surface area contributed by atoms with Crippen molar-refractivity contribution in [2.45, 2.75) is 32.1 Å². The van der Waals surface area contributed by atoms with Gasteiger partial charge in [0.1, 0.15) is 5.69 Å². The number of hydrogen-bond donors (Lipinski definition) is 2. The molecule has 0 aliphatic heterocycles. The Balaban J connectivity index is 0.000000405. The zero-order valence-corrected chi connectivity index (χ0v) is 20.2. The predicted octanol–water partition coefficient (Wildman–Crippen LogP) is 5.04. The second kappa shape index (κ2) is 11.3. The first-order chi connectivity index (χ1) is 17.7. The number of nitrogens with one attached hydrogen (secondary N) is 1. The van der Waals surface area contributed by atoms with Crippen LogP contribution >= 0.6 is 11.3 Å². The molecule has 0 spiro atoms. The molecule has 4 aromatic heterocycles. The first-order valence-electron chi connectivity index (χ1n) is 11.2. The van der Waals surface area contributed by atoms with E-state index in [2.05, 4.69) is 24.8 Å². The number of amides is 1. The lowest BCUT2D eigenvalue weighted by Crippen LogP contribution is -2.25. The summed E-state index contributed by atoms with van der Waals surface area (Å²) in [6, 6.07) is 9.76. The second-order valence-corrected chi connectivity index (χ2v) is 9.34. The summed E-state index contributed by atoms with van der Waals surface area (Å²) in [6.45, 7) is 1.42. The van der Waals surface area contributed by atoms with Crippen LogP contribution in [0.4, 0.5) is 13.2 Å². The fraction of sp³-hybridized carbons (Fsp3) is 0.240. The minimum atomic E-state index is -5.08. The summed E-state index contributed by atoms with van der Waals surface area (Å²) in [5, 5.41) is 12.2. The molecule has 0 saturated heterocycles. The highest BCUT2D eigenvalue weighted by Crippen LogP contribution is 2.32. The van der Waals surface area contributed by atoms with E-state index in [0.29, 0.717) is 24.0 Å². The fourth-order valence-corrected chi connectivity index (χ4v) is 4.03. The average Bonchev–Trinajstić information content (AvgIpc) is 3.36. The van der Waals surface area contributed by atoms with Crippen molar-refractivity contribution in [2.24, 2.45) is 5.92 Å². The predicted molar refractivity (Wildman–Crippen MR) is 131 cm³/mol. The van der Waals surface area contributed by atoms with Crippen molar-refractivity contribution in [2.75, 3.05) is 0 Å². The smallest absolute Gasteiger partial charge is 0.475 e. The van der Waals surface area contributed by atoms with Crippen LogP contribution in [0, 0.1) is 5.92 Å². The molecular weight excluding hydrogens is 507 g/mol. The Hall–Kier alpha value is -4.06. The maximum atomic E-state index is 12.9. The molecular formula is C25H22F3N5O3S. The zero-order chi connectivity index (χ0) is 26.4. The van der Waals surface area contributed by atoms with Gasteiger partial charge in [-0.1, -0.05) is 6.07 Å². The fourth-order valence-electron chi connectivity index (χ4n) is 3.38. The van der Waals surface area contributed by atoms with Gasteiger partial charge in [0.2, 0.25) is 0 Å². The summed E-state index contributed by atoms with van der Waals surface area (Å²) in [4.78, 5) is 36.0. The number of rotatable bonds is 7. The number of halogens is 3. The molecule has 0 unspecified atom stereocenters. The molecule has 12 heteroatoms. The van der Waals surface area contributed by atoms with Gasteiger partial charge >= 0.3 is 12.1 Å². The Bertz CT molecular complexity index is 1340. The molecule has 0 atom stereocenters. The van der Waals surface area contributed by atoms with Crippen LogP contribution in [0.3, 0.4) is 0 Å². The standard InChI is InChI=1S/C23H21N5OS.C2HF3O2/c29-23(27-13-20-4-2-8-30-20)21-9-18(15-28(21)14-16-5-6-16)19-11-25-22(26-12-19)17-3-1-7-24-10-17;3-2(4,5)1(6)7/h1-4,7-12,15-16H,5-6,13-14H2,(H,27,29);(H,6,7). The molecule has 192 valence electrons. The summed E-state index contributed by atoms with van der Waals surface area (Å²) >= 11 is 1.64. The van der Waals surface area contributed by atoms with Crippen molar-refractivity contribution in [1.29, 1.82) is 0 Å². The molecule has 0 aromatic carbocycles. The van der Waals surface area contributed by atoms with Crippen LogP contribution in [-0.2, 0) is 17.9 Å². The Morgan fingerprint density at radius 1 is 1.08 bits per heavy atom. The third kappa shape index (κ3) is 7.23. The van der Waals surface area contributed by atoms with Gasteiger partial charge in [0.15, 0.2) is 5.82 Å². The highest BCUT2D eigenvalue weighted by Gasteiger charge is 2.38. The second-order valence-electron chi connectivity index (χ2n) is 8.31. The number of hydrogen-bond acceptors (Lipinski definition) is 6. The number of carbonyl (C=O) groups is 2. The summed E-state index contributed by atoms with van der Waals surface area (Å²) in [7, 11) is 0. The van der Waals surface area contributed by atoms with Gasteiger partial charge in [-0.25, -0.2) is 14.8 Å². The minimum Gasteiger partial charge on any atom is -0.475 e. The number of pyridine rings is 1. The van der Waals surface area contributed by atoms with Crippen molar-refractivity contribution in [3.63, 3.8) is 0 Å². The third-order valence-electron chi connectivity index (χ3n) is 5.43. The Labute approximate surface area is 213 Å². The van der Waals surface area contributed by atoms with Gasteiger partial charge in [-0.2, -0.15) is 13.2 Å². The maximum absolute atomic E-state index is 12.9. The normalized spacial score (nSPS) is 12.9. The van der Waals surface area contributed by atoms with E-state index in [0.717, 1.165) is 28.1 Å². The summed E-state index contributed by atoms with van der Waals surface area (Å²) in [5.74, 6) is -1.51. The van der Waals surface area contributed by atoms with Crippen LogP contribution < -0.4 is 5.32 Å². The molecule has 1 aliphatic carbocycles. The summed E-state index contributed by atoms with van der Waals surface area (Å²) in [5.41, 5.74) is 3.41. The minimum absolute atomic E-state index is 0.0526. The first kappa shape index (κ1) is 26.0. The Kier molecular flexibility index (Phi) is 7.97. The van der Waals surface area contributed by atoms with Gasteiger partial charge in [-0.15, -0.1) is 11.3 Å². The maximum Gasteiger partial charge on any atom is 0.490 e. The van der Waals surface area contributed by atoms with Crippen molar-refractivity contribution in [3.05, 3.63) is 77.3 Å². The van der Waals surface area contributed by atoms with E-state index in [1.54, 1.807) is 36.1 Å². The molecule has 5 rings (SSSR count). The van der Waals surface area contributed by atoms with Crippen LogP contribution in [0.5, 0.6) is 0 Å². The van der Waals surface area contributed by atoms with Gasteiger partial charge in [0.05, 0.1) is 6.54 Å². The monoisotopic (exact) mass is 529 g/mol. The quantitative estimate of drug-likeness (QED) is 0.347. The lowest BCUT2D eigenvalue weighted by atomic mass is 10.1. The molecule has 4 heterocycles. The third-order valence-corrected chi connectivity index (χ3v) is 6.31. The molecule has 1 fully saturated rings. The van der Waals surface area contributed by atoms with Crippen LogP contribution in [0.25, 0.3) is 22.5 Å². The molecule has 1 saturated carbocycles. The zero-order valence-electron chi connectivity index (χ0n) is 19.4. The number of nitrogens with zero attached hydrogens (tertiary/aromatic N) is 4. The summed E-state index contributed by atoms with van der Waals surface area (Å²) < 4.78 is 33.8. The lowest BCUT2D eigenvalue weighted by molar-refractivity contribution is -0.192. The van der Waals surface area contributed by atoms with Crippen LogP contribution in [-0.4, -0.2) is 42.7 Å². The molecule has 8 nitrogen and oxygen atoms in total. The van der Waals surface area contributed by atoms with Crippen molar-refractivity contribution >= 4 is 23.2 Å². The van der Waals surface area contributed by atoms with E-state index in [9.17, 15) is 18.0 Å². The molecule has 0 radical (unpaired) electrons. The Morgan fingerprint density at radius 3 is 2.38 bits per heavy atom. The Morgan fingerprint density at radius 2 is 1.81 bits per heavy atom. The molecule has 2 N–H and O–H groups in total. The van der Waals surface area contributed by atoms with Gasteiger partial charge in [0.25, 0.3) is 5.91 Å². The molecule has 37 heavy (non-hydrogen) atoms. The molecule has 0 bridgehead atoms. The number of aromatic nitrogens is 4. The molecule has 1 aliphatic rings. The van der Waals surface area contributed by atoms with E-state index < -0.39 is 12.1 Å². The van der Waals surface area contributed by atoms with E-state index >= 15 is 0 Å². The van der Waals surface area contributed by atoms with Gasteiger partial charge in [-0.3, -0.25) is 9.78 Å². The van der Waals surface area contributed by atoms with Crippen molar-refractivity contribution in [1.82, 2.24) is 24.8 Å². The van der Waals surface area contributed by atoms with Gasteiger partial charge in [0, 0.05) is 59.1 Å². The van der Waals surface area contributed by atoms with E-state index in [1.807, 2.05) is 41.9 Å². The van der Waals surface area contributed by atoms with Gasteiger partial charge < -0.3 is 15.0 Å². The highest BCUT2D eigenvalue weighted by molar-refractivity contribution is 7.09. The number of carboxylic acid groups (broad SMARTS) is 1. The lowest BCUT2D eigenvalue weighted by Gasteiger charge is -2.08. The van der Waals surface area contributed by atoms with Crippen molar-refractivity contribution < 1.29 is 27.9 Å². The molecule has 4 aromatic rings. The number of alkyl halides is 3. The van der Waals surface area contributed by atoms with E-state index in [4.69, 9.17) is 9.90 Å². The van der Waals surface area contributed by atoms with E-state index in [1.165, 1.54) is 12.8 Å². The van der Waals surface area contributed by atoms with Crippen molar-refractivity contribution in [3.8, 4) is 22.5 Å². The van der Waals surface area contributed by atoms with E-state index in [-0.39, 0.29) is 5.91 Å². The first-order valence-corrected chi connectivity index (χ1v) is 12.1. The number of aliphatic carboxylic acids is 1. The van der Waals surface area contributed by atoms with Crippen LogP contribution in [0.1, 0.15) is 28.2 Å². The van der Waals surface area contributed by atoms with Gasteiger partial charge in [-0.05, 0) is 48.4 Å². The number of carbonyl (C=O) groups excluding carboxylic acids is 1. The largest absolute Gasteiger partial charge is 0.490 e. The van der Waals surface area contributed by atoms with Crippen LogP contribution in [0.2, 0.25) is 0 Å². The molecule has 1 amide bonds. The number of carboxylic acids is 1. The SMILES string of the molecule is O=C(NCc1cccs1)c1cc(-c2cnc(-c3cccnc3)nc2)cn1CC1CC1.O=C(O)C(F)(F)F. The van der Waals surface area contributed by atoms with Crippen LogP contribution in [0.15, 0.2) is 66.7 Å². The number of thiophene rings is 1. The highest BCUT2D eigenvalue weighted by atomic mass is 32.1. The average molecular weight is 530 g/mol.